The van der Waals surface area contributed by atoms with Crippen molar-refractivity contribution in [2.24, 2.45) is 0 Å². The van der Waals surface area contributed by atoms with Crippen LogP contribution in [0.3, 0.4) is 0 Å². The van der Waals surface area contributed by atoms with Crippen molar-refractivity contribution < 1.29 is 4.05 Å². The monoisotopic (exact) mass is 158 g/mol. The van der Waals surface area contributed by atoms with E-state index >= 15 is 0 Å². The fourth-order valence-electron chi connectivity index (χ4n) is 1.20. The molecule has 0 aliphatic carbocycles. The molecule has 3 nitrogen and oxygen atoms in total. The van der Waals surface area contributed by atoms with Gasteiger partial charge in [0, 0.05) is 0 Å². The summed E-state index contributed by atoms with van der Waals surface area (Å²) in [6.07, 6.45) is 4.37. The fourth-order valence-corrected chi connectivity index (χ4v) is 1.86. The van der Waals surface area contributed by atoms with Crippen molar-refractivity contribution in [1.29, 1.82) is 5.31 Å². The molecule has 0 amide bonds. The molecule has 10 heavy (non-hydrogen) atoms. The number of piperidine rings is 1. The van der Waals surface area contributed by atoms with Gasteiger partial charge in [-0.1, -0.05) is 0 Å². The van der Waals surface area contributed by atoms with Crippen LogP contribution in [0.1, 0.15) is 19.3 Å². The Hall–Kier alpha value is 0.135. The van der Waals surface area contributed by atoms with Gasteiger partial charge in [0.15, 0.2) is 0 Å². The molecule has 1 heterocycles. The van der Waals surface area contributed by atoms with Crippen molar-refractivity contribution in [1.82, 2.24) is 0 Å². The van der Waals surface area contributed by atoms with Crippen LogP contribution in [0, 0.1) is 10.5 Å². The Bertz CT molecular complexity index is 127. The first-order valence-corrected chi connectivity index (χ1v) is 4.36. The number of rotatable bonds is 2. The van der Waals surface area contributed by atoms with Crippen molar-refractivity contribution >= 4 is 18.1 Å². The zero-order valence-electron chi connectivity index (χ0n) is 5.88. The van der Waals surface area contributed by atoms with Gasteiger partial charge >= 0.3 is 65.1 Å². The molecule has 0 spiro atoms. The molecular formula is C5H11BN2OS. The van der Waals surface area contributed by atoms with Crippen molar-refractivity contribution in [3.8, 4) is 0 Å². The van der Waals surface area contributed by atoms with E-state index in [2.05, 4.69) is 0 Å². The number of hydrogen-bond acceptors (Lipinski definition) is 3. The van der Waals surface area contributed by atoms with Gasteiger partial charge in [0.1, 0.15) is 0 Å². The van der Waals surface area contributed by atoms with Crippen molar-refractivity contribution in [2.45, 2.75) is 19.3 Å². The predicted octanol–water partition coefficient (Wildman–Crippen LogP) is 1.51. The molecule has 0 bridgehead atoms. The minimum atomic E-state index is -0.233. The van der Waals surface area contributed by atoms with E-state index in [1.165, 1.54) is 6.42 Å². The van der Waals surface area contributed by atoms with E-state index < -0.39 is 0 Å². The molecule has 1 aliphatic rings. The second kappa shape index (κ2) is 3.50. The molecule has 56 valence electrons. The molecule has 1 N–H and O–H groups in total. The van der Waals surface area contributed by atoms with Gasteiger partial charge in [-0.3, -0.25) is 0 Å². The molecule has 0 aromatic heterocycles. The summed E-state index contributed by atoms with van der Waals surface area (Å²) in [7, 11) is 0. The maximum atomic E-state index is 11.5. The Morgan fingerprint density at radius 2 is 1.90 bits per heavy atom. The maximum absolute atomic E-state index is 11.5. The third-order valence-electron chi connectivity index (χ3n) is 1.74. The normalized spacial score (nSPS) is 23.7. The second-order valence-electron chi connectivity index (χ2n) is 2.55. The molecule has 0 unspecified atom stereocenters. The molecule has 1 aliphatic heterocycles. The van der Waals surface area contributed by atoms with Crippen LogP contribution in [0.4, 0.5) is 0 Å². The molecule has 1 fully saturated rings. The summed E-state index contributed by atoms with van der Waals surface area (Å²) in [5.41, 5.74) is 0. The van der Waals surface area contributed by atoms with Crippen LogP contribution < -0.4 is 0 Å². The second-order valence-corrected chi connectivity index (χ2v) is 3.66. The Kier molecular flexibility index (Phi) is 2.89. The summed E-state index contributed by atoms with van der Waals surface area (Å²) in [5.74, 6) is 0. The Morgan fingerprint density at radius 1 is 1.30 bits per heavy atom. The Morgan fingerprint density at radius 3 is 2.40 bits per heavy atom. The Labute approximate surface area is 65.7 Å². The predicted molar refractivity (Wildman–Crippen MR) is 43.3 cm³/mol. The van der Waals surface area contributed by atoms with Gasteiger partial charge in [-0.15, -0.1) is 0 Å². The third-order valence-corrected chi connectivity index (χ3v) is 2.60. The number of hydroxylamine groups is 2. The number of hydrogen-bond donors (Lipinski definition) is 1. The van der Waals surface area contributed by atoms with Crippen LogP contribution in [0.5, 0.6) is 0 Å². The summed E-state index contributed by atoms with van der Waals surface area (Å²) < 4.78 is -0.233. The molecule has 0 saturated carbocycles. The third kappa shape index (κ3) is 2.07. The average molecular weight is 158 g/mol. The molecule has 1 saturated heterocycles. The summed E-state index contributed by atoms with van der Waals surface area (Å²) in [4.78, 5) is 0. The van der Waals surface area contributed by atoms with Crippen LogP contribution in [0.2, 0.25) is 0 Å². The van der Waals surface area contributed by atoms with Gasteiger partial charge in [-0.25, -0.2) is 0 Å². The van der Waals surface area contributed by atoms with Crippen LogP contribution >= 0.6 is 11.8 Å². The minimum absolute atomic E-state index is 0.233. The molecule has 0 atom stereocenters. The van der Waals surface area contributed by atoms with Crippen LogP contribution in [0.15, 0.2) is 0 Å². The summed E-state index contributed by atoms with van der Waals surface area (Å²) in [5, 5.41) is 18.3. The molecule has 5 heteroatoms. The summed E-state index contributed by atoms with van der Waals surface area (Å²) in [6, 6.07) is 0. The molecule has 0 radical (unpaired) electrons. The van der Waals surface area contributed by atoms with Crippen LogP contribution in [-0.2, 0) is 0 Å². The van der Waals surface area contributed by atoms with Crippen LogP contribution in [0.25, 0.3) is 0 Å². The van der Waals surface area contributed by atoms with E-state index in [4.69, 9.17) is 5.31 Å². The van der Waals surface area contributed by atoms with E-state index in [9.17, 15) is 5.21 Å². The first-order chi connectivity index (χ1) is 4.77. The van der Waals surface area contributed by atoms with Gasteiger partial charge < -0.3 is 0 Å². The fraction of sp³-hybridized carbons (Fsp3) is 1.00. The zero-order valence-corrected chi connectivity index (χ0v) is 6.69. The van der Waals surface area contributed by atoms with Gasteiger partial charge in [-0.05, 0) is 0 Å². The van der Waals surface area contributed by atoms with Gasteiger partial charge in [-0.2, -0.15) is 0 Å². The van der Waals surface area contributed by atoms with Gasteiger partial charge in [0.2, 0.25) is 0 Å². The first-order valence-electron chi connectivity index (χ1n) is 3.52. The Balaban J connectivity index is 2.39. The SMILES string of the molecule is N=BS[N+]1([O-])CCCCC1. The van der Waals surface area contributed by atoms with E-state index in [1.807, 2.05) is 0 Å². The molecule has 0 aromatic rings. The molecule has 0 aromatic carbocycles. The van der Waals surface area contributed by atoms with Crippen molar-refractivity contribution in [2.75, 3.05) is 13.1 Å². The van der Waals surface area contributed by atoms with Crippen LogP contribution in [-0.4, -0.2) is 23.5 Å². The van der Waals surface area contributed by atoms with E-state index in [0.717, 1.165) is 31.0 Å². The number of nitrogens with zero attached hydrogens (tertiary/aromatic N) is 1. The first kappa shape index (κ1) is 8.23. The summed E-state index contributed by atoms with van der Waals surface area (Å²) >= 11 is 1.08. The van der Waals surface area contributed by atoms with E-state index in [-0.39, 0.29) is 4.05 Å². The van der Waals surface area contributed by atoms with Gasteiger partial charge in [0.05, 0.1) is 0 Å². The number of nitrogens with one attached hydrogen (secondary N) is 1. The van der Waals surface area contributed by atoms with Crippen molar-refractivity contribution in [3.63, 3.8) is 0 Å². The van der Waals surface area contributed by atoms with E-state index in [1.54, 1.807) is 0 Å². The van der Waals surface area contributed by atoms with Crippen molar-refractivity contribution in [3.05, 3.63) is 5.21 Å². The van der Waals surface area contributed by atoms with E-state index in [0.29, 0.717) is 13.1 Å². The topological polar surface area (TPSA) is 46.9 Å². The average Bonchev–Trinajstić information content (AvgIpc) is 1.89. The molecular weight excluding hydrogens is 147 g/mol. The summed E-state index contributed by atoms with van der Waals surface area (Å²) in [6.45, 7) is 1.36. The number of quaternary nitrogens is 1. The zero-order chi connectivity index (χ0) is 7.45. The molecule has 1 rings (SSSR count). The van der Waals surface area contributed by atoms with Gasteiger partial charge in [0.25, 0.3) is 0 Å². The standard InChI is InChI=1S/C5H11BN2OS/c7-6-10-8(9)4-2-1-3-5-8/h7H,1-5H2. The quantitative estimate of drug-likeness (QED) is 0.286.